The molecule has 0 fully saturated rings. The topological polar surface area (TPSA) is 78.6 Å². The number of pyridine rings is 1. The number of hydrogen-bond acceptors (Lipinski definition) is 8. The van der Waals surface area contributed by atoms with E-state index in [9.17, 15) is 9.59 Å². The maximum Gasteiger partial charge on any atom is 0.306 e. The summed E-state index contributed by atoms with van der Waals surface area (Å²) in [5.74, 6) is 1.42. The molecule has 0 radical (unpaired) electrons. The van der Waals surface area contributed by atoms with Crippen LogP contribution in [-0.2, 0) is 19.1 Å². The number of thioether (sulfide) groups is 2. The fraction of sp³-hybridized carbons (Fsp3) is 0.269. The maximum absolute atomic E-state index is 11.6. The summed E-state index contributed by atoms with van der Waals surface area (Å²) in [4.78, 5) is 27.8. The predicted octanol–water partition coefficient (Wildman–Crippen LogP) is 6.89. The Balaban J connectivity index is 1.57. The van der Waals surface area contributed by atoms with Crippen LogP contribution in [0.1, 0.15) is 23.0 Å². The third kappa shape index (κ3) is 6.51. The van der Waals surface area contributed by atoms with Gasteiger partial charge >= 0.3 is 11.9 Å². The normalized spacial score (nSPS) is 11.3. The van der Waals surface area contributed by atoms with Gasteiger partial charge < -0.3 is 13.9 Å². The monoisotopic (exact) mass is 529 g/mol. The van der Waals surface area contributed by atoms with Crippen LogP contribution in [0.4, 0.5) is 0 Å². The summed E-state index contributed by atoms with van der Waals surface area (Å²) < 4.78 is 15.6. The van der Waals surface area contributed by atoms with Crippen LogP contribution >= 0.6 is 35.1 Å². The molecule has 35 heavy (non-hydrogen) atoms. The van der Waals surface area contributed by atoms with Gasteiger partial charge in [0, 0.05) is 27.3 Å². The number of esters is 2. The minimum Gasteiger partial charge on any atom is -0.469 e. The van der Waals surface area contributed by atoms with E-state index >= 15 is 0 Å². The van der Waals surface area contributed by atoms with Gasteiger partial charge in [-0.3, -0.25) is 9.59 Å². The van der Waals surface area contributed by atoms with Gasteiger partial charge in [0.2, 0.25) is 0 Å². The van der Waals surface area contributed by atoms with Gasteiger partial charge in [0.05, 0.1) is 37.2 Å². The SMILES string of the molecule is COC(=O)CCSC(SCCC(=O)OC)c1ccc2oc(-c3ccc4ccc(Cl)cc4n3)cc2c1. The lowest BCUT2D eigenvalue weighted by Crippen LogP contribution is -2.04. The molecule has 0 aliphatic heterocycles. The zero-order chi connectivity index (χ0) is 24.8. The zero-order valence-corrected chi connectivity index (χ0v) is 21.7. The van der Waals surface area contributed by atoms with E-state index in [0.717, 1.165) is 33.1 Å². The van der Waals surface area contributed by atoms with Crippen molar-refractivity contribution in [2.45, 2.75) is 17.4 Å². The Morgan fingerprint density at radius 2 is 1.60 bits per heavy atom. The molecule has 0 aliphatic carbocycles. The van der Waals surface area contributed by atoms with E-state index in [4.69, 9.17) is 30.5 Å². The number of fused-ring (bicyclic) bond motifs is 2. The lowest BCUT2D eigenvalue weighted by molar-refractivity contribution is -0.140. The zero-order valence-electron chi connectivity index (χ0n) is 19.3. The van der Waals surface area contributed by atoms with Crippen LogP contribution in [0.2, 0.25) is 5.02 Å². The number of methoxy groups -OCH3 is 2. The number of rotatable bonds is 10. The Bertz CT molecular complexity index is 1330. The first-order chi connectivity index (χ1) is 17.0. The highest BCUT2D eigenvalue weighted by molar-refractivity contribution is 8.16. The Labute approximate surface area is 216 Å². The number of halogens is 1. The minimum atomic E-state index is -0.241. The van der Waals surface area contributed by atoms with Gasteiger partial charge in [-0.25, -0.2) is 4.98 Å². The Morgan fingerprint density at radius 3 is 2.29 bits per heavy atom. The molecule has 0 N–H and O–H groups in total. The number of carbonyl (C=O) groups is 2. The van der Waals surface area contributed by atoms with Gasteiger partial charge in [0.25, 0.3) is 0 Å². The van der Waals surface area contributed by atoms with Gasteiger partial charge in [0.1, 0.15) is 11.3 Å². The average Bonchev–Trinajstić information content (AvgIpc) is 3.30. The molecule has 0 bridgehead atoms. The van der Waals surface area contributed by atoms with Gasteiger partial charge in [-0.2, -0.15) is 0 Å². The Hall–Kier alpha value is -2.68. The first-order valence-electron chi connectivity index (χ1n) is 10.9. The van der Waals surface area contributed by atoms with E-state index in [0.29, 0.717) is 35.1 Å². The number of nitrogens with zero attached hydrogens (tertiary/aromatic N) is 1. The summed E-state index contributed by atoms with van der Waals surface area (Å²) in [5, 5.41) is 2.60. The molecule has 0 spiro atoms. The molecule has 0 saturated heterocycles. The molecule has 0 aliphatic rings. The van der Waals surface area contributed by atoms with Crippen molar-refractivity contribution < 1.29 is 23.5 Å². The van der Waals surface area contributed by atoms with Crippen molar-refractivity contribution >= 4 is 68.9 Å². The Kier molecular flexibility index (Phi) is 8.59. The second-order valence-electron chi connectivity index (χ2n) is 7.67. The Morgan fingerprint density at radius 1 is 0.914 bits per heavy atom. The lowest BCUT2D eigenvalue weighted by Gasteiger charge is -2.16. The van der Waals surface area contributed by atoms with Gasteiger partial charge in [-0.15, -0.1) is 23.5 Å². The molecular weight excluding hydrogens is 506 g/mol. The summed E-state index contributed by atoms with van der Waals surface area (Å²) in [6, 6.07) is 17.6. The lowest BCUT2D eigenvalue weighted by atomic mass is 10.1. The quantitative estimate of drug-likeness (QED) is 0.162. The molecule has 6 nitrogen and oxygen atoms in total. The van der Waals surface area contributed by atoms with Crippen LogP contribution in [0.25, 0.3) is 33.3 Å². The first kappa shape index (κ1) is 25.4. The van der Waals surface area contributed by atoms with Crippen LogP contribution in [0.5, 0.6) is 0 Å². The van der Waals surface area contributed by atoms with E-state index in [1.54, 1.807) is 23.5 Å². The molecule has 9 heteroatoms. The highest BCUT2D eigenvalue weighted by Crippen LogP contribution is 2.42. The van der Waals surface area contributed by atoms with Crippen molar-refractivity contribution in [1.29, 1.82) is 0 Å². The average molecular weight is 530 g/mol. The van der Waals surface area contributed by atoms with E-state index in [1.165, 1.54) is 14.2 Å². The molecule has 0 atom stereocenters. The number of carbonyl (C=O) groups excluding carboxylic acids is 2. The molecule has 0 unspecified atom stereocenters. The molecular formula is C26H24ClNO5S2. The van der Waals surface area contributed by atoms with Crippen LogP contribution < -0.4 is 0 Å². The summed E-state index contributed by atoms with van der Waals surface area (Å²) in [6.07, 6.45) is 0.649. The molecule has 2 heterocycles. The third-order valence-electron chi connectivity index (χ3n) is 5.33. The van der Waals surface area contributed by atoms with Crippen LogP contribution in [-0.4, -0.2) is 42.6 Å². The highest BCUT2D eigenvalue weighted by atomic mass is 35.5. The first-order valence-corrected chi connectivity index (χ1v) is 13.4. The molecule has 0 amide bonds. The fourth-order valence-corrected chi connectivity index (χ4v) is 6.31. The van der Waals surface area contributed by atoms with Crippen molar-refractivity contribution in [1.82, 2.24) is 4.98 Å². The van der Waals surface area contributed by atoms with E-state index in [2.05, 4.69) is 6.07 Å². The number of aromatic nitrogens is 1. The molecule has 4 rings (SSSR count). The van der Waals surface area contributed by atoms with Gasteiger partial charge in [0.15, 0.2) is 5.76 Å². The smallest absolute Gasteiger partial charge is 0.306 e. The number of furan rings is 1. The predicted molar refractivity (Wildman–Crippen MR) is 143 cm³/mol. The number of benzene rings is 2. The van der Waals surface area contributed by atoms with Crippen molar-refractivity contribution in [3.8, 4) is 11.5 Å². The maximum atomic E-state index is 11.6. The van der Waals surface area contributed by atoms with Crippen molar-refractivity contribution in [3.05, 3.63) is 65.2 Å². The standard InChI is InChI=1S/C26H24ClNO5S2/c1-31-24(29)9-11-34-26(35-12-10-25(30)32-2)17-5-8-22-18(13-17)14-23(33-22)20-7-4-16-3-6-19(27)15-21(16)28-20/h3-8,13-15,26H,9-12H2,1-2H3. The fourth-order valence-electron chi connectivity index (χ4n) is 3.51. The number of hydrogen-bond donors (Lipinski definition) is 0. The van der Waals surface area contributed by atoms with Gasteiger partial charge in [-0.1, -0.05) is 29.8 Å². The molecule has 4 aromatic rings. The van der Waals surface area contributed by atoms with E-state index < -0.39 is 0 Å². The van der Waals surface area contributed by atoms with E-state index in [-0.39, 0.29) is 16.5 Å². The molecule has 2 aromatic heterocycles. The minimum absolute atomic E-state index is 0.0352. The van der Waals surface area contributed by atoms with Crippen LogP contribution in [0.3, 0.4) is 0 Å². The van der Waals surface area contributed by atoms with Crippen molar-refractivity contribution in [2.24, 2.45) is 0 Å². The second-order valence-corrected chi connectivity index (χ2v) is 10.8. The second kappa shape index (κ2) is 11.8. The molecule has 0 saturated carbocycles. The summed E-state index contributed by atoms with van der Waals surface area (Å²) in [6.45, 7) is 0. The van der Waals surface area contributed by atoms with Crippen molar-refractivity contribution in [3.63, 3.8) is 0 Å². The number of ether oxygens (including phenoxy) is 2. The van der Waals surface area contributed by atoms with Gasteiger partial charge in [-0.05, 0) is 42.0 Å². The third-order valence-corrected chi connectivity index (χ3v) is 8.41. The van der Waals surface area contributed by atoms with E-state index in [1.807, 2.05) is 48.5 Å². The highest BCUT2D eigenvalue weighted by Gasteiger charge is 2.17. The van der Waals surface area contributed by atoms with Crippen LogP contribution in [0.15, 0.2) is 59.0 Å². The summed E-state index contributed by atoms with van der Waals surface area (Å²) >= 11 is 9.43. The van der Waals surface area contributed by atoms with Crippen molar-refractivity contribution in [2.75, 3.05) is 25.7 Å². The van der Waals surface area contributed by atoms with Crippen LogP contribution in [0, 0.1) is 0 Å². The molecule has 2 aromatic carbocycles. The largest absolute Gasteiger partial charge is 0.469 e. The summed E-state index contributed by atoms with van der Waals surface area (Å²) in [7, 11) is 2.78. The molecule has 182 valence electrons. The summed E-state index contributed by atoms with van der Waals surface area (Å²) in [5.41, 5.74) is 3.37.